The van der Waals surface area contributed by atoms with Gasteiger partial charge in [-0.3, -0.25) is 9.89 Å². The van der Waals surface area contributed by atoms with Crippen molar-refractivity contribution in [3.63, 3.8) is 0 Å². The van der Waals surface area contributed by atoms with Crippen LogP contribution in [-0.4, -0.2) is 32.6 Å². The minimum atomic E-state index is -0.0355. The molecule has 27 heavy (non-hydrogen) atoms. The first kappa shape index (κ1) is 17.8. The molecule has 3 N–H and O–H groups in total. The summed E-state index contributed by atoms with van der Waals surface area (Å²) in [5.41, 5.74) is 5.02. The van der Waals surface area contributed by atoms with Gasteiger partial charge in [0.05, 0.1) is 11.0 Å². The van der Waals surface area contributed by atoms with E-state index < -0.39 is 0 Å². The van der Waals surface area contributed by atoms with E-state index in [1.165, 1.54) is 12.8 Å². The molecule has 0 bridgehead atoms. The maximum atomic E-state index is 12.4. The number of benzene rings is 1. The monoisotopic (exact) mass is 365 g/mol. The van der Waals surface area contributed by atoms with E-state index in [1.807, 2.05) is 18.2 Å². The van der Waals surface area contributed by atoms with Crippen LogP contribution in [0.5, 0.6) is 0 Å². The summed E-state index contributed by atoms with van der Waals surface area (Å²) >= 11 is 0. The molecule has 142 valence electrons. The third-order valence-corrected chi connectivity index (χ3v) is 5.34. The summed E-state index contributed by atoms with van der Waals surface area (Å²) in [6.07, 6.45) is 9.58. The Morgan fingerprint density at radius 2 is 1.96 bits per heavy atom. The molecule has 2 heterocycles. The summed E-state index contributed by atoms with van der Waals surface area (Å²) in [6.45, 7) is 0.695. The van der Waals surface area contributed by atoms with Gasteiger partial charge in [-0.25, -0.2) is 4.98 Å². The molecular formula is C21H27N5O. The molecule has 0 saturated heterocycles. The van der Waals surface area contributed by atoms with Crippen LogP contribution in [0.1, 0.15) is 66.1 Å². The maximum Gasteiger partial charge on any atom is 0.272 e. The fourth-order valence-corrected chi connectivity index (χ4v) is 3.85. The molecule has 0 aliphatic heterocycles. The molecule has 0 unspecified atom stereocenters. The quantitative estimate of drug-likeness (QED) is 0.441. The van der Waals surface area contributed by atoms with Gasteiger partial charge in [0.15, 0.2) is 5.69 Å². The molecule has 1 aliphatic carbocycles. The van der Waals surface area contributed by atoms with E-state index in [1.54, 1.807) is 0 Å². The number of hydrogen-bond acceptors (Lipinski definition) is 3. The van der Waals surface area contributed by atoms with E-state index in [0.717, 1.165) is 73.1 Å². The van der Waals surface area contributed by atoms with Crippen LogP contribution in [0, 0.1) is 0 Å². The van der Waals surface area contributed by atoms with E-state index in [0.29, 0.717) is 12.2 Å². The highest BCUT2D eigenvalue weighted by molar-refractivity contribution is 5.94. The van der Waals surface area contributed by atoms with Crippen LogP contribution in [0.2, 0.25) is 0 Å². The van der Waals surface area contributed by atoms with Gasteiger partial charge in [-0.1, -0.05) is 25.0 Å². The number of hydrogen-bond donors (Lipinski definition) is 3. The van der Waals surface area contributed by atoms with Gasteiger partial charge in [0.2, 0.25) is 0 Å². The van der Waals surface area contributed by atoms with Crippen LogP contribution in [0.25, 0.3) is 11.0 Å². The first-order valence-electron chi connectivity index (χ1n) is 10.1. The molecule has 2 aromatic heterocycles. The van der Waals surface area contributed by atoms with Gasteiger partial charge in [0, 0.05) is 24.2 Å². The van der Waals surface area contributed by atoms with Crippen LogP contribution < -0.4 is 5.32 Å². The van der Waals surface area contributed by atoms with Crippen molar-refractivity contribution in [3.8, 4) is 0 Å². The number of amides is 1. The predicted octanol–water partition coefficient (Wildman–Crippen LogP) is 3.70. The number of aryl methyl sites for hydroxylation is 2. The Kier molecular flexibility index (Phi) is 5.51. The van der Waals surface area contributed by atoms with Gasteiger partial charge in [-0.15, -0.1) is 0 Å². The number of carbonyl (C=O) groups is 1. The number of unbranched alkanes of at least 4 members (excludes halogenated alkanes) is 2. The summed E-state index contributed by atoms with van der Waals surface area (Å²) in [4.78, 5) is 20.4. The molecule has 0 fully saturated rings. The predicted molar refractivity (Wildman–Crippen MR) is 106 cm³/mol. The topological polar surface area (TPSA) is 86.5 Å². The average molecular weight is 365 g/mol. The number of nitrogens with zero attached hydrogens (tertiary/aromatic N) is 2. The number of rotatable bonds is 7. The zero-order valence-corrected chi connectivity index (χ0v) is 15.7. The lowest BCUT2D eigenvalue weighted by Crippen LogP contribution is -2.25. The van der Waals surface area contributed by atoms with Crippen molar-refractivity contribution in [2.75, 3.05) is 6.54 Å². The summed E-state index contributed by atoms with van der Waals surface area (Å²) in [6, 6.07) is 8.11. The molecule has 1 aromatic carbocycles. The van der Waals surface area contributed by atoms with Crippen molar-refractivity contribution in [2.24, 2.45) is 0 Å². The van der Waals surface area contributed by atoms with Gasteiger partial charge >= 0.3 is 0 Å². The smallest absolute Gasteiger partial charge is 0.272 e. The van der Waals surface area contributed by atoms with Gasteiger partial charge in [0.25, 0.3) is 5.91 Å². The standard InChI is InChI=1S/C21H27N5O/c27-21(20-15-9-3-1-4-10-16(15)25-26-20)22-14-8-2-5-13-19-23-17-11-6-7-12-18(17)24-19/h6-7,11-12H,1-5,8-10,13-14H2,(H,22,27)(H,23,24)(H,25,26). The van der Waals surface area contributed by atoms with E-state index >= 15 is 0 Å². The molecule has 1 amide bonds. The number of fused-ring (bicyclic) bond motifs is 2. The Balaban J connectivity index is 1.19. The van der Waals surface area contributed by atoms with Crippen LogP contribution in [0.15, 0.2) is 24.3 Å². The summed E-state index contributed by atoms with van der Waals surface area (Å²) in [5, 5.41) is 10.4. The molecular weight excluding hydrogens is 338 g/mol. The highest BCUT2D eigenvalue weighted by Crippen LogP contribution is 2.21. The van der Waals surface area contributed by atoms with Crippen LogP contribution in [-0.2, 0) is 19.3 Å². The number of imidazole rings is 1. The molecule has 0 spiro atoms. The summed E-state index contributed by atoms with van der Waals surface area (Å²) in [7, 11) is 0. The molecule has 3 aromatic rings. The van der Waals surface area contributed by atoms with Crippen LogP contribution in [0.4, 0.5) is 0 Å². The first-order chi connectivity index (χ1) is 13.3. The Hall–Kier alpha value is -2.63. The number of aromatic amines is 2. The molecule has 0 radical (unpaired) electrons. The lowest BCUT2D eigenvalue weighted by Gasteiger charge is -2.05. The highest BCUT2D eigenvalue weighted by atomic mass is 16.1. The van der Waals surface area contributed by atoms with Gasteiger partial charge in [-0.05, 0) is 50.7 Å². The van der Waals surface area contributed by atoms with E-state index in [4.69, 9.17) is 0 Å². The van der Waals surface area contributed by atoms with Crippen LogP contribution in [0.3, 0.4) is 0 Å². The van der Waals surface area contributed by atoms with Gasteiger partial charge < -0.3 is 10.3 Å². The molecule has 6 nitrogen and oxygen atoms in total. The minimum Gasteiger partial charge on any atom is -0.351 e. The molecule has 6 heteroatoms. The lowest BCUT2D eigenvalue weighted by molar-refractivity contribution is 0.0947. The Labute approximate surface area is 159 Å². The fraction of sp³-hybridized carbons (Fsp3) is 0.476. The molecule has 1 aliphatic rings. The Morgan fingerprint density at radius 1 is 1.07 bits per heavy atom. The SMILES string of the molecule is O=C(NCCCCCc1nc2ccccc2[nH]1)c1n[nH]c2c1CCCCC2. The highest BCUT2D eigenvalue weighted by Gasteiger charge is 2.20. The fourth-order valence-electron chi connectivity index (χ4n) is 3.85. The van der Waals surface area contributed by atoms with E-state index in [-0.39, 0.29) is 5.91 Å². The average Bonchev–Trinajstić information content (AvgIpc) is 3.21. The Bertz CT molecular complexity index is 877. The second-order valence-electron chi connectivity index (χ2n) is 7.36. The van der Waals surface area contributed by atoms with Crippen molar-refractivity contribution >= 4 is 16.9 Å². The molecule has 4 rings (SSSR count). The largest absolute Gasteiger partial charge is 0.351 e. The van der Waals surface area contributed by atoms with Gasteiger partial charge in [-0.2, -0.15) is 5.10 Å². The minimum absolute atomic E-state index is 0.0355. The van der Waals surface area contributed by atoms with Crippen molar-refractivity contribution in [3.05, 3.63) is 47.0 Å². The second-order valence-corrected chi connectivity index (χ2v) is 7.36. The van der Waals surface area contributed by atoms with Crippen LogP contribution >= 0.6 is 0 Å². The summed E-state index contributed by atoms with van der Waals surface area (Å²) < 4.78 is 0. The first-order valence-corrected chi connectivity index (χ1v) is 10.1. The maximum absolute atomic E-state index is 12.4. The normalized spacial score (nSPS) is 14.1. The third kappa shape index (κ3) is 4.21. The Morgan fingerprint density at radius 3 is 2.89 bits per heavy atom. The summed E-state index contributed by atoms with van der Waals surface area (Å²) in [5.74, 6) is 1.01. The second kappa shape index (κ2) is 8.37. The number of H-pyrrole nitrogens is 2. The lowest BCUT2D eigenvalue weighted by atomic mass is 10.1. The van der Waals surface area contributed by atoms with Crippen molar-refractivity contribution in [1.82, 2.24) is 25.5 Å². The van der Waals surface area contributed by atoms with E-state index in [2.05, 4.69) is 31.5 Å². The number of nitrogens with one attached hydrogen (secondary N) is 3. The molecule has 0 atom stereocenters. The number of carbonyl (C=O) groups excluding carboxylic acids is 1. The number of aromatic nitrogens is 4. The van der Waals surface area contributed by atoms with Gasteiger partial charge in [0.1, 0.15) is 5.82 Å². The third-order valence-electron chi connectivity index (χ3n) is 5.34. The zero-order chi connectivity index (χ0) is 18.5. The van der Waals surface area contributed by atoms with Crippen molar-refractivity contribution in [2.45, 2.75) is 57.8 Å². The van der Waals surface area contributed by atoms with Crippen molar-refractivity contribution < 1.29 is 4.79 Å². The number of para-hydroxylation sites is 2. The zero-order valence-electron chi connectivity index (χ0n) is 15.7. The van der Waals surface area contributed by atoms with Crippen molar-refractivity contribution in [1.29, 1.82) is 0 Å². The van der Waals surface area contributed by atoms with E-state index in [9.17, 15) is 4.79 Å². The molecule has 0 saturated carbocycles.